The van der Waals surface area contributed by atoms with Crippen LogP contribution in [-0.2, 0) is 14.3 Å². The van der Waals surface area contributed by atoms with E-state index in [1.54, 1.807) is 0 Å². The molecule has 2 aromatic carbocycles. The van der Waals surface area contributed by atoms with Gasteiger partial charge in [0, 0.05) is 18.4 Å². The molecule has 2 amide bonds. The van der Waals surface area contributed by atoms with Crippen LogP contribution in [0.5, 0.6) is 0 Å². The van der Waals surface area contributed by atoms with Gasteiger partial charge in [0.25, 0.3) is 0 Å². The van der Waals surface area contributed by atoms with E-state index in [1.165, 1.54) is 4.90 Å². The van der Waals surface area contributed by atoms with Crippen molar-refractivity contribution in [1.82, 2.24) is 4.90 Å². The SMILES string of the molecule is NC(=O)[C@H](CCC(=O)O)N(C(=O)OCC1c2ccccc2-c2ccccc21)C1CC1. The second kappa shape index (κ2) is 8.18. The largest absolute Gasteiger partial charge is 0.481 e. The molecule has 1 saturated carbocycles. The summed E-state index contributed by atoms with van der Waals surface area (Å²) in [6.45, 7) is 0.139. The number of primary amides is 1. The van der Waals surface area contributed by atoms with Crippen LogP contribution in [0, 0.1) is 0 Å². The van der Waals surface area contributed by atoms with E-state index in [4.69, 9.17) is 15.6 Å². The van der Waals surface area contributed by atoms with Gasteiger partial charge in [-0.2, -0.15) is 0 Å². The molecule has 1 atom stereocenters. The number of carbonyl (C=O) groups is 3. The van der Waals surface area contributed by atoms with E-state index in [0.717, 1.165) is 35.1 Å². The Bertz CT molecular complexity index is 940. The van der Waals surface area contributed by atoms with Crippen molar-refractivity contribution in [3.05, 3.63) is 59.7 Å². The summed E-state index contributed by atoms with van der Waals surface area (Å²) in [5.74, 6) is -1.84. The second-order valence-electron chi connectivity index (χ2n) is 7.79. The highest BCUT2D eigenvalue weighted by atomic mass is 16.6. The van der Waals surface area contributed by atoms with Gasteiger partial charge in [-0.15, -0.1) is 0 Å². The van der Waals surface area contributed by atoms with Crippen molar-refractivity contribution in [3.63, 3.8) is 0 Å². The van der Waals surface area contributed by atoms with Gasteiger partial charge in [-0.05, 0) is 41.5 Å². The van der Waals surface area contributed by atoms with Gasteiger partial charge in [-0.25, -0.2) is 4.79 Å². The average molecular weight is 408 g/mol. The van der Waals surface area contributed by atoms with Crippen molar-refractivity contribution < 1.29 is 24.2 Å². The third-order valence-corrected chi connectivity index (χ3v) is 5.78. The number of nitrogens with two attached hydrogens (primary N) is 1. The average Bonchev–Trinajstić information content (AvgIpc) is 3.51. The molecule has 0 radical (unpaired) electrons. The van der Waals surface area contributed by atoms with E-state index < -0.39 is 24.0 Å². The molecule has 4 rings (SSSR count). The van der Waals surface area contributed by atoms with Crippen molar-refractivity contribution >= 4 is 18.0 Å². The Morgan fingerprint density at radius 1 is 1.03 bits per heavy atom. The number of amides is 2. The molecular formula is C23H24N2O5. The minimum Gasteiger partial charge on any atom is -0.481 e. The van der Waals surface area contributed by atoms with Gasteiger partial charge in [0.05, 0.1) is 0 Å². The van der Waals surface area contributed by atoms with E-state index in [1.807, 2.05) is 36.4 Å². The van der Waals surface area contributed by atoms with Crippen LogP contribution < -0.4 is 5.73 Å². The molecule has 0 saturated heterocycles. The van der Waals surface area contributed by atoms with Crippen LogP contribution in [0.1, 0.15) is 42.7 Å². The summed E-state index contributed by atoms with van der Waals surface area (Å²) in [7, 11) is 0. The van der Waals surface area contributed by atoms with Gasteiger partial charge in [-0.1, -0.05) is 48.5 Å². The zero-order chi connectivity index (χ0) is 21.3. The standard InChI is InChI=1S/C23H24N2O5/c24-22(28)20(11-12-21(26)27)25(14-9-10-14)23(29)30-13-19-17-7-3-1-5-15(17)16-6-2-4-8-18(16)19/h1-8,14,19-20H,9-13H2,(H2,24,28)(H,26,27)/t20-/m0/s1. The normalized spacial score (nSPS) is 15.7. The van der Waals surface area contributed by atoms with Gasteiger partial charge in [0.2, 0.25) is 5.91 Å². The van der Waals surface area contributed by atoms with Crippen LogP contribution in [0.2, 0.25) is 0 Å². The number of ether oxygens (including phenoxy) is 1. The molecule has 1 fully saturated rings. The lowest BCUT2D eigenvalue weighted by molar-refractivity contribution is -0.137. The van der Waals surface area contributed by atoms with Crippen LogP contribution in [-0.4, -0.2) is 46.7 Å². The molecule has 3 N–H and O–H groups in total. The van der Waals surface area contributed by atoms with Crippen LogP contribution in [0.3, 0.4) is 0 Å². The van der Waals surface area contributed by atoms with Gasteiger partial charge >= 0.3 is 12.1 Å². The number of hydrogen-bond acceptors (Lipinski definition) is 4. The van der Waals surface area contributed by atoms with Crippen molar-refractivity contribution in [2.45, 2.75) is 43.7 Å². The maximum Gasteiger partial charge on any atom is 0.410 e. The minimum absolute atomic E-state index is 0.0225. The van der Waals surface area contributed by atoms with Gasteiger partial charge < -0.3 is 15.6 Å². The number of nitrogens with zero attached hydrogens (tertiary/aromatic N) is 1. The Morgan fingerprint density at radius 3 is 2.10 bits per heavy atom. The zero-order valence-electron chi connectivity index (χ0n) is 16.5. The first-order valence-corrected chi connectivity index (χ1v) is 10.1. The maximum atomic E-state index is 12.9. The Hall–Kier alpha value is -3.35. The summed E-state index contributed by atoms with van der Waals surface area (Å²) in [4.78, 5) is 37.2. The Morgan fingerprint density at radius 2 is 1.60 bits per heavy atom. The number of benzene rings is 2. The molecule has 0 aromatic heterocycles. The third-order valence-electron chi connectivity index (χ3n) is 5.78. The topological polar surface area (TPSA) is 110 Å². The fourth-order valence-electron chi connectivity index (χ4n) is 4.23. The number of carbonyl (C=O) groups excluding carboxylic acids is 2. The zero-order valence-corrected chi connectivity index (χ0v) is 16.5. The predicted molar refractivity (Wildman–Crippen MR) is 110 cm³/mol. The summed E-state index contributed by atoms with van der Waals surface area (Å²) in [6.07, 6.45) is 0.620. The van der Waals surface area contributed by atoms with Crippen molar-refractivity contribution in [3.8, 4) is 11.1 Å². The molecule has 7 heteroatoms. The smallest absolute Gasteiger partial charge is 0.410 e. The molecule has 0 aliphatic heterocycles. The number of hydrogen-bond donors (Lipinski definition) is 2. The monoisotopic (exact) mass is 408 g/mol. The number of aliphatic carboxylic acids is 1. The van der Waals surface area contributed by atoms with Gasteiger partial charge in [0.1, 0.15) is 12.6 Å². The first kappa shape index (κ1) is 19.9. The van der Waals surface area contributed by atoms with Crippen molar-refractivity contribution in [2.75, 3.05) is 6.61 Å². The summed E-state index contributed by atoms with van der Waals surface area (Å²) in [5.41, 5.74) is 9.95. The number of rotatable bonds is 8. The molecule has 2 aromatic rings. The fraction of sp³-hybridized carbons (Fsp3) is 0.348. The third kappa shape index (κ3) is 3.87. The molecule has 7 nitrogen and oxygen atoms in total. The van der Waals surface area contributed by atoms with Gasteiger partial charge in [-0.3, -0.25) is 14.5 Å². The van der Waals surface area contributed by atoms with E-state index in [9.17, 15) is 14.4 Å². The van der Waals surface area contributed by atoms with E-state index in [-0.39, 0.29) is 31.4 Å². The number of fused-ring (bicyclic) bond motifs is 3. The Balaban J connectivity index is 1.52. The van der Waals surface area contributed by atoms with Crippen LogP contribution >= 0.6 is 0 Å². The summed E-state index contributed by atoms with van der Waals surface area (Å²) >= 11 is 0. The molecule has 156 valence electrons. The lowest BCUT2D eigenvalue weighted by Crippen LogP contribution is -2.49. The Labute approximate surface area is 174 Å². The molecule has 0 unspecified atom stereocenters. The van der Waals surface area contributed by atoms with Crippen molar-refractivity contribution in [1.29, 1.82) is 0 Å². The maximum absolute atomic E-state index is 12.9. The predicted octanol–water partition coefficient (Wildman–Crippen LogP) is 3.12. The van der Waals surface area contributed by atoms with Crippen molar-refractivity contribution in [2.24, 2.45) is 5.73 Å². The summed E-state index contributed by atoms with van der Waals surface area (Å²) in [5, 5.41) is 8.96. The van der Waals surface area contributed by atoms with Crippen LogP contribution in [0.4, 0.5) is 4.79 Å². The minimum atomic E-state index is -1.04. The molecule has 0 spiro atoms. The first-order valence-electron chi connectivity index (χ1n) is 10.1. The van der Waals surface area contributed by atoms with Crippen LogP contribution in [0.15, 0.2) is 48.5 Å². The summed E-state index contributed by atoms with van der Waals surface area (Å²) in [6, 6.07) is 15.0. The fourth-order valence-corrected chi connectivity index (χ4v) is 4.23. The highest BCUT2D eigenvalue weighted by Gasteiger charge is 2.41. The van der Waals surface area contributed by atoms with E-state index in [0.29, 0.717) is 0 Å². The molecule has 30 heavy (non-hydrogen) atoms. The van der Waals surface area contributed by atoms with Crippen LogP contribution in [0.25, 0.3) is 11.1 Å². The number of carboxylic acids is 1. The molecule has 0 heterocycles. The first-order chi connectivity index (χ1) is 14.5. The molecular weight excluding hydrogens is 384 g/mol. The number of carboxylic acid groups (broad SMARTS) is 1. The van der Waals surface area contributed by atoms with E-state index in [2.05, 4.69) is 12.1 Å². The second-order valence-corrected chi connectivity index (χ2v) is 7.79. The Kier molecular flexibility index (Phi) is 5.44. The molecule has 2 aliphatic rings. The highest BCUT2D eigenvalue weighted by molar-refractivity contribution is 5.85. The lowest BCUT2D eigenvalue weighted by Gasteiger charge is -2.29. The highest BCUT2D eigenvalue weighted by Crippen LogP contribution is 2.44. The van der Waals surface area contributed by atoms with Gasteiger partial charge in [0.15, 0.2) is 0 Å². The summed E-state index contributed by atoms with van der Waals surface area (Å²) < 4.78 is 5.67. The molecule has 0 bridgehead atoms. The molecule has 2 aliphatic carbocycles. The quantitative estimate of drug-likeness (QED) is 0.697. The van der Waals surface area contributed by atoms with E-state index >= 15 is 0 Å². The lowest BCUT2D eigenvalue weighted by atomic mass is 9.98.